The number of carbonyl (C=O) groups is 1. The number of benzene rings is 1. The van der Waals surface area contributed by atoms with Gasteiger partial charge in [-0.05, 0) is 49.9 Å². The highest BCUT2D eigenvalue weighted by Gasteiger charge is 2.26. The van der Waals surface area contributed by atoms with Gasteiger partial charge in [-0.3, -0.25) is 9.69 Å². The SMILES string of the molecule is COc1ccc(C(=O)N2CCCC2)c(OC2CCN(Cc3ccc(Cl)s3)CC2)c1. The fourth-order valence-electron chi connectivity index (χ4n) is 4.02. The van der Waals surface area contributed by atoms with Crippen LogP contribution in [0.25, 0.3) is 0 Å². The number of rotatable bonds is 6. The molecule has 0 radical (unpaired) electrons. The van der Waals surface area contributed by atoms with Crippen molar-refractivity contribution in [3.8, 4) is 11.5 Å². The Kier molecular flexibility index (Phi) is 6.63. The molecule has 1 amide bonds. The van der Waals surface area contributed by atoms with Gasteiger partial charge < -0.3 is 14.4 Å². The summed E-state index contributed by atoms with van der Waals surface area (Å²) in [6.07, 6.45) is 4.13. The summed E-state index contributed by atoms with van der Waals surface area (Å²) in [5.74, 6) is 1.42. The second-order valence-electron chi connectivity index (χ2n) is 7.66. The summed E-state index contributed by atoms with van der Waals surface area (Å²) in [4.78, 5) is 18.6. The first kappa shape index (κ1) is 20.5. The number of ether oxygens (including phenoxy) is 2. The lowest BCUT2D eigenvalue weighted by atomic mass is 10.1. The van der Waals surface area contributed by atoms with Gasteiger partial charge in [-0.25, -0.2) is 0 Å². The van der Waals surface area contributed by atoms with Gasteiger partial charge in [0.1, 0.15) is 17.6 Å². The summed E-state index contributed by atoms with van der Waals surface area (Å²) in [5.41, 5.74) is 0.642. The molecule has 2 saturated heterocycles. The van der Waals surface area contributed by atoms with E-state index >= 15 is 0 Å². The van der Waals surface area contributed by atoms with Gasteiger partial charge >= 0.3 is 0 Å². The van der Waals surface area contributed by atoms with Crippen molar-refractivity contribution in [1.29, 1.82) is 0 Å². The molecule has 0 N–H and O–H groups in total. The van der Waals surface area contributed by atoms with Crippen molar-refractivity contribution in [2.45, 2.75) is 38.3 Å². The van der Waals surface area contributed by atoms with E-state index in [1.807, 2.05) is 29.2 Å². The Morgan fingerprint density at radius 2 is 1.90 bits per heavy atom. The zero-order chi connectivity index (χ0) is 20.2. The summed E-state index contributed by atoms with van der Waals surface area (Å²) < 4.78 is 12.5. The Hall–Kier alpha value is -1.76. The minimum Gasteiger partial charge on any atom is -0.497 e. The van der Waals surface area contributed by atoms with Crippen molar-refractivity contribution in [3.05, 3.63) is 45.1 Å². The first-order chi connectivity index (χ1) is 14.1. The van der Waals surface area contributed by atoms with Crippen LogP contribution in [0.1, 0.15) is 40.9 Å². The number of amides is 1. The zero-order valence-corrected chi connectivity index (χ0v) is 18.3. The lowest BCUT2D eigenvalue weighted by Crippen LogP contribution is -2.38. The fourth-order valence-corrected chi connectivity index (χ4v) is 5.15. The molecule has 2 aromatic rings. The first-order valence-corrected chi connectivity index (χ1v) is 11.4. The molecule has 1 aromatic heterocycles. The number of halogens is 1. The van der Waals surface area contributed by atoms with Crippen LogP contribution in [0.5, 0.6) is 11.5 Å². The normalized spacial score (nSPS) is 18.2. The molecule has 5 nitrogen and oxygen atoms in total. The van der Waals surface area contributed by atoms with Crippen LogP contribution >= 0.6 is 22.9 Å². The topological polar surface area (TPSA) is 42.0 Å². The summed E-state index contributed by atoms with van der Waals surface area (Å²) in [7, 11) is 1.64. The van der Waals surface area contributed by atoms with Crippen molar-refractivity contribution >= 4 is 28.8 Å². The number of thiophene rings is 1. The Labute approximate surface area is 181 Å². The Morgan fingerprint density at radius 3 is 2.55 bits per heavy atom. The second-order valence-corrected chi connectivity index (χ2v) is 9.46. The van der Waals surface area contributed by atoms with E-state index in [1.165, 1.54) is 4.88 Å². The van der Waals surface area contributed by atoms with Gasteiger partial charge in [0.25, 0.3) is 5.91 Å². The van der Waals surface area contributed by atoms with Crippen LogP contribution in [0.2, 0.25) is 4.34 Å². The highest BCUT2D eigenvalue weighted by molar-refractivity contribution is 7.16. The summed E-state index contributed by atoms with van der Waals surface area (Å²) >= 11 is 7.68. The van der Waals surface area contributed by atoms with Crippen molar-refractivity contribution in [2.75, 3.05) is 33.3 Å². The van der Waals surface area contributed by atoms with Crippen molar-refractivity contribution in [2.24, 2.45) is 0 Å². The molecule has 0 bridgehead atoms. The summed E-state index contributed by atoms with van der Waals surface area (Å²) in [6, 6.07) is 9.58. The van der Waals surface area contributed by atoms with E-state index in [0.717, 1.165) is 62.7 Å². The highest BCUT2D eigenvalue weighted by Crippen LogP contribution is 2.30. The quantitative estimate of drug-likeness (QED) is 0.661. The predicted molar refractivity (Wildman–Crippen MR) is 116 cm³/mol. The molecule has 2 aliphatic heterocycles. The van der Waals surface area contributed by atoms with Crippen LogP contribution in [-0.4, -0.2) is 55.1 Å². The molecule has 0 atom stereocenters. The first-order valence-electron chi connectivity index (χ1n) is 10.2. The summed E-state index contributed by atoms with van der Waals surface area (Å²) in [6.45, 7) is 4.53. The Morgan fingerprint density at radius 1 is 1.14 bits per heavy atom. The fraction of sp³-hybridized carbons (Fsp3) is 0.500. The molecule has 0 unspecified atom stereocenters. The number of hydrogen-bond donors (Lipinski definition) is 0. The second kappa shape index (κ2) is 9.37. The van der Waals surface area contributed by atoms with Gasteiger partial charge in [0.15, 0.2) is 0 Å². The number of nitrogens with zero attached hydrogens (tertiary/aromatic N) is 2. The number of hydrogen-bond acceptors (Lipinski definition) is 5. The molecule has 3 heterocycles. The third-order valence-electron chi connectivity index (χ3n) is 5.65. The van der Waals surface area contributed by atoms with E-state index in [9.17, 15) is 4.79 Å². The van der Waals surface area contributed by atoms with Crippen molar-refractivity contribution in [3.63, 3.8) is 0 Å². The molecule has 2 aliphatic rings. The van der Waals surface area contributed by atoms with Crippen LogP contribution < -0.4 is 9.47 Å². The van der Waals surface area contributed by atoms with Crippen LogP contribution in [-0.2, 0) is 6.54 Å². The summed E-state index contributed by atoms with van der Waals surface area (Å²) in [5, 5.41) is 0. The van der Waals surface area contributed by atoms with Gasteiger partial charge in [0.05, 0.1) is 17.0 Å². The predicted octanol–water partition coefficient (Wildman–Crippen LogP) is 4.69. The molecule has 29 heavy (non-hydrogen) atoms. The van der Waals surface area contributed by atoms with Gasteiger partial charge in [-0.15, -0.1) is 11.3 Å². The minimum atomic E-state index is 0.0622. The van der Waals surface area contributed by atoms with Crippen molar-refractivity contribution in [1.82, 2.24) is 9.80 Å². The monoisotopic (exact) mass is 434 g/mol. The third-order valence-corrected chi connectivity index (χ3v) is 6.86. The lowest BCUT2D eigenvalue weighted by Gasteiger charge is -2.32. The molecular formula is C22H27ClN2O3S. The van der Waals surface area contributed by atoms with Gasteiger partial charge in [0, 0.05) is 43.7 Å². The molecule has 156 valence electrons. The number of carbonyl (C=O) groups excluding carboxylic acids is 1. The molecule has 2 fully saturated rings. The number of likely N-dealkylation sites (tertiary alicyclic amines) is 2. The maximum Gasteiger partial charge on any atom is 0.257 e. The smallest absolute Gasteiger partial charge is 0.257 e. The maximum absolute atomic E-state index is 13.0. The van der Waals surface area contributed by atoms with E-state index in [2.05, 4.69) is 11.0 Å². The molecule has 0 spiro atoms. The minimum absolute atomic E-state index is 0.0622. The highest BCUT2D eigenvalue weighted by atomic mass is 35.5. The lowest BCUT2D eigenvalue weighted by molar-refractivity contribution is 0.0765. The van der Waals surface area contributed by atoms with Crippen LogP contribution in [0.15, 0.2) is 30.3 Å². The van der Waals surface area contributed by atoms with Crippen molar-refractivity contribution < 1.29 is 14.3 Å². The molecule has 0 aliphatic carbocycles. The third kappa shape index (κ3) is 5.05. The molecule has 4 rings (SSSR count). The zero-order valence-electron chi connectivity index (χ0n) is 16.7. The van der Waals surface area contributed by atoms with Gasteiger partial charge in [0.2, 0.25) is 0 Å². The van der Waals surface area contributed by atoms with Crippen LogP contribution in [0.4, 0.5) is 0 Å². The molecule has 0 saturated carbocycles. The van der Waals surface area contributed by atoms with E-state index in [1.54, 1.807) is 18.4 Å². The number of piperidine rings is 1. The Balaban J connectivity index is 1.40. The van der Waals surface area contributed by atoms with E-state index < -0.39 is 0 Å². The Bertz CT molecular complexity index is 842. The molecular weight excluding hydrogens is 408 g/mol. The standard InChI is InChI=1S/C22H27ClN2O3S/c1-27-17-4-6-19(22(26)25-10-2-3-11-25)20(14-17)28-16-8-12-24(13-9-16)15-18-5-7-21(23)29-18/h4-7,14,16H,2-3,8-13,15H2,1H3. The molecule has 1 aromatic carbocycles. The van der Waals surface area contributed by atoms with E-state index in [4.69, 9.17) is 21.1 Å². The van der Waals surface area contributed by atoms with Gasteiger partial charge in [-0.1, -0.05) is 11.6 Å². The van der Waals surface area contributed by atoms with Crippen LogP contribution in [0, 0.1) is 0 Å². The maximum atomic E-state index is 13.0. The average molecular weight is 435 g/mol. The number of methoxy groups -OCH3 is 1. The van der Waals surface area contributed by atoms with E-state index in [-0.39, 0.29) is 12.0 Å². The van der Waals surface area contributed by atoms with Gasteiger partial charge in [-0.2, -0.15) is 0 Å². The van der Waals surface area contributed by atoms with E-state index in [0.29, 0.717) is 17.1 Å². The molecule has 7 heteroatoms. The largest absolute Gasteiger partial charge is 0.497 e. The average Bonchev–Trinajstić information content (AvgIpc) is 3.41. The van der Waals surface area contributed by atoms with Crippen LogP contribution in [0.3, 0.4) is 0 Å².